The number of ether oxygens (including phenoxy) is 1. The molecule has 0 aliphatic carbocycles. The van der Waals surface area contributed by atoms with Gasteiger partial charge in [0.15, 0.2) is 0 Å². The summed E-state index contributed by atoms with van der Waals surface area (Å²) in [7, 11) is 0. The van der Waals surface area contributed by atoms with Gasteiger partial charge in [0.2, 0.25) is 0 Å². The van der Waals surface area contributed by atoms with Crippen LogP contribution in [0.4, 0.5) is 0 Å². The summed E-state index contributed by atoms with van der Waals surface area (Å²) in [5.74, 6) is 1.07. The van der Waals surface area contributed by atoms with E-state index in [1.54, 1.807) is 6.26 Å². The second-order valence-electron chi connectivity index (χ2n) is 5.16. The van der Waals surface area contributed by atoms with Crippen molar-refractivity contribution in [2.75, 3.05) is 13.2 Å². The Hall–Kier alpha value is -0.800. The Morgan fingerprint density at radius 3 is 3.06 bits per heavy atom. The Kier molecular flexibility index (Phi) is 5.75. The highest BCUT2D eigenvalue weighted by atomic mass is 16.5. The van der Waals surface area contributed by atoms with Crippen LogP contribution in [0.5, 0.6) is 0 Å². The lowest BCUT2D eigenvalue weighted by Gasteiger charge is -2.27. The van der Waals surface area contributed by atoms with Gasteiger partial charge < -0.3 is 14.5 Å². The number of nitrogens with one attached hydrogen (secondary N) is 1. The van der Waals surface area contributed by atoms with Crippen LogP contribution in [0, 0.1) is 0 Å². The lowest BCUT2D eigenvalue weighted by Crippen LogP contribution is -2.36. The van der Waals surface area contributed by atoms with Crippen molar-refractivity contribution in [1.29, 1.82) is 0 Å². The van der Waals surface area contributed by atoms with Crippen molar-refractivity contribution >= 4 is 0 Å². The van der Waals surface area contributed by atoms with Crippen LogP contribution in [0.2, 0.25) is 0 Å². The highest BCUT2D eigenvalue weighted by Crippen LogP contribution is 2.19. The van der Waals surface area contributed by atoms with E-state index in [4.69, 9.17) is 9.15 Å². The largest absolute Gasteiger partial charge is 0.469 e. The number of hydrogen-bond donors (Lipinski definition) is 1. The molecular weight excluding hydrogens is 226 g/mol. The van der Waals surface area contributed by atoms with Crippen LogP contribution in [-0.4, -0.2) is 25.3 Å². The van der Waals surface area contributed by atoms with Crippen molar-refractivity contribution in [2.24, 2.45) is 0 Å². The van der Waals surface area contributed by atoms with Gasteiger partial charge in [-0.2, -0.15) is 0 Å². The maximum absolute atomic E-state index is 5.84. The van der Waals surface area contributed by atoms with Crippen LogP contribution < -0.4 is 5.32 Å². The Balaban J connectivity index is 1.83. The quantitative estimate of drug-likeness (QED) is 0.808. The van der Waals surface area contributed by atoms with Crippen molar-refractivity contribution < 1.29 is 9.15 Å². The van der Waals surface area contributed by atoms with E-state index >= 15 is 0 Å². The molecule has 2 heterocycles. The number of rotatable bonds is 7. The first-order chi connectivity index (χ1) is 8.88. The third-order valence-electron chi connectivity index (χ3n) is 3.53. The minimum atomic E-state index is 0.433. The summed E-state index contributed by atoms with van der Waals surface area (Å²) in [4.78, 5) is 0. The van der Waals surface area contributed by atoms with Crippen molar-refractivity contribution in [1.82, 2.24) is 5.32 Å². The van der Waals surface area contributed by atoms with E-state index in [0.717, 1.165) is 31.8 Å². The van der Waals surface area contributed by atoms with Gasteiger partial charge in [-0.15, -0.1) is 0 Å². The minimum absolute atomic E-state index is 0.433. The van der Waals surface area contributed by atoms with Crippen molar-refractivity contribution in [3.8, 4) is 0 Å². The topological polar surface area (TPSA) is 34.4 Å². The van der Waals surface area contributed by atoms with Gasteiger partial charge >= 0.3 is 0 Å². The van der Waals surface area contributed by atoms with Crippen LogP contribution in [-0.2, 0) is 11.2 Å². The molecule has 2 rings (SSSR count). The molecule has 0 saturated carbocycles. The molecule has 1 aromatic rings. The van der Waals surface area contributed by atoms with Crippen LogP contribution >= 0.6 is 0 Å². The fourth-order valence-electron chi connectivity index (χ4n) is 2.57. The lowest BCUT2D eigenvalue weighted by atomic mass is 9.99. The summed E-state index contributed by atoms with van der Waals surface area (Å²) in [5.41, 5.74) is 0. The molecule has 3 nitrogen and oxygen atoms in total. The van der Waals surface area contributed by atoms with E-state index in [0.29, 0.717) is 12.1 Å². The Morgan fingerprint density at radius 1 is 1.44 bits per heavy atom. The molecule has 1 fully saturated rings. The zero-order chi connectivity index (χ0) is 12.6. The zero-order valence-corrected chi connectivity index (χ0v) is 11.4. The van der Waals surface area contributed by atoms with Crippen molar-refractivity contribution in [2.45, 2.75) is 57.6 Å². The van der Waals surface area contributed by atoms with Crippen LogP contribution in [0.15, 0.2) is 22.8 Å². The third-order valence-corrected chi connectivity index (χ3v) is 3.53. The monoisotopic (exact) mass is 251 g/mol. The van der Waals surface area contributed by atoms with Crippen LogP contribution in [0.25, 0.3) is 0 Å². The van der Waals surface area contributed by atoms with Crippen molar-refractivity contribution in [3.63, 3.8) is 0 Å². The van der Waals surface area contributed by atoms with Crippen LogP contribution in [0.1, 0.15) is 44.8 Å². The summed E-state index contributed by atoms with van der Waals surface area (Å²) in [5, 5.41) is 3.61. The molecule has 0 bridgehead atoms. The van der Waals surface area contributed by atoms with Gasteiger partial charge in [0.05, 0.1) is 12.4 Å². The summed E-state index contributed by atoms with van der Waals surface area (Å²) in [6, 6.07) is 4.49. The average molecular weight is 251 g/mol. The first-order valence-corrected chi connectivity index (χ1v) is 7.26. The molecule has 18 heavy (non-hydrogen) atoms. The van der Waals surface area contributed by atoms with E-state index in [9.17, 15) is 0 Å². The van der Waals surface area contributed by atoms with E-state index in [-0.39, 0.29) is 0 Å². The van der Waals surface area contributed by atoms with Gasteiger partial charge in [0.25, 0.3) is 0 Å². The summed E-state index contributed by atoms with van der Waals surface area (Å²) < 4.78 is 11.3. The molecule has 0 amide bonds. The molecule has 0 spiro atoms. The van der Waals surface area contributed by atoms with E-state index < -0.39 is 0 Å². The second kappa shape index (κ2) is 7.59. The highest BCUT2D eigenvalue weighted by Gasteiger charge is 2.20. The Morgan fingerprint density at radius 2 is 2.39 bits per heavy atom. The maximum atomic E-state index is 5.84. The first kappa shape index (κ1) is 13.6. The molecule has 1 aromatic heterocycles. The average Bonchev–Trinajstić information content (AvgIpc) is 2.90. The van der Waals surface area contributed by atoms with Gasteiger partial charge in [-0.3, -0.25) is 0 Å². The van der Waals surface area contributed by atoms with Gasteiger partial charge in [-0.05, 0) is 50.8 Å². The molecule has 1 saturated heterocycles. The molecule has 0 radical (unpaired) electrons. The summed E-state index contributed by atoms with van der Waals surface area (Å²) >= 11 is 0. The van der Waals surface area contributed by atoms with Gasteiger partial charge in [0, 0.05) is 19.1 Å². The molecule has 1 aliphatic heterocycles. The Labute approximate surface area is 110 Å². The molecule has 102 valence electrons. The van der Waals surface area contributed by atoms with E-state index in [1.807, 2.05) is 6.07 Å². The maximum Gasteiger partial charge on any atom is 0.105 e. The summed E-state index contributed by atoms with van der Waals surface area (Å²) in [6.45, 7) is 4.21. The summed E-state index contributed by atoms with van der Waals surface area (Å²) in [6.07, 6.45) is 9.16. The van der Waals surface area contributed by atoms with Crippen molar-refractivity contribution in [3.05, 3.63) is 24.2 Å². The van der Waals surface area contributed by atoms with E-state index in [1.165, 1.54) is 25.7 Å². The van der Waals surface area contributed by atoms with Crippen LogP contribution in [0.3, 0.4) is 0 Å². The zero-order valence-electron chi connectivity index (χ0n) is 11.4. The lowest BCUT2D eigenvalue weighted by molar-refractivity contribution is 0.00500. The molecule has 1 N–H and O–H groups in total. The fourth-order valence-corrected chi connectivity index (χ4v) is 2.57. The van der Waals surface area contributed by atoms with Gasteiger partial charge in [-0.1, -0.05) is 6.92 Å². The molecule has 3 heteroatoms. The standard InChI is InChI=1S/C15H25NO2/c1-2-8-16-13(12-15-7-5-10-18-15)11-14-6-3-4-9-17-14/h5,7,10,13-14,16H,2-4,6,8-9,11-12H2,1H3. The normalized spacial score (nSPS) is 21.9. The second-order valence-corrected chi connectivity index (χ2v) is 5.16. The van der Waals surface area contributed by atoms with Gasteiger partial charge in [-0.25, -0.2) is 0 Å². The third kappa shape index (κ3) is 4.46. The number of hydrogen-bond acceptors (Lipinski definition) is 3. The molecule has 0 aromatic carbocycles. The smallest absolute Gasteiger partial charge is 0.105 e. The van der Waals surface area contributed by atoms with E-state index in [2.05, 4.69) is 18.3 Å². The predicted octanol–water partition coefficient (Wildman–Crippen LogP) is 3.15. The van der Waals surface area contributed by atoms with Gasteiger partial charge in [0.1, 0.15) is 5.76 Å². The fraction of sp³-hybridized carbons (Fsp3) is 0.733. The molecule has 2 atom stereocenters. The highest BCUT2D eigenvalue weighted by molar-refractivity contribution is 5.00. The molecule has 2 unspecified atom stereocenters. The minimum Gasteiger partial charge on any atom is -0.469 e. The molecule has 1 aliphatic rings. The SMILES string of the molecule is CCCNC(Cc1ccco1)CC1CCCCO1. The first-order valence-electron chi connectivity index (χ1n) is 7.26. The number of furan rings is 1. The Bertz CT molecular complexity index is 304. The molecular formula is C15H25NO2. The predicted molar refractivity (Wildman–Crippen MR) is 72.7 cm³/mol.